The van der Waals surface area contributed by atoms with Crippen LogP contribution in [0.25, 0.3) is 0 Å². The van der Waals surface area contributed by atoms with Gasteiger partial charge in [0.1, 0.15) is 0 Å². The molecule has 16 heavy (non-hydrogen) atoms. The third-order valence-electron chi connectivity index (χ3n) is 1.41. The van der Waals surface area contributed by atoms with Gasteiger partial charge in [0.15, 0.2) is 10.8 Å². The highest BCUT2D eigenvalue weighted by Gasteiger charge is 2.33. The van der Waals surface area contributed by atoms with Gasteiger partial charge in [-0.15, -0.1) is 23.2 Å². The van der Waals surface area contributed by atoms with Crippen LogP contribution in [0.5, 0.6) is 0 Å². The summed E-state index contributed by atoms with van der Waals surface area (Å²) in [5, 5.41) is -2.48. The normalized spacial score (nSPS) is 14.8. The number of halogens is 2. The monoisotopic (exact) mass is 270 g/mol. The molecule has 0 fully saturated rings. The lowest BCUT2D eigenvalue weighted by atomic mass is 10.3. The molecule has 0 aliphatic heterocycles. The number of hydrogen-bond donors (Lipinski definition) is 0. The van der Waals surface area contributed by atoms with Crippen LogP contribution in [0, 0.1) is 0 Å². The van der Waals surface area contributed by atoms with Crippen LogP contribution in [0.4, 0.5) is 0 Å². The first-order valence-electron chi connectivity index (χ1n) is 4.94. The Kier molecular flexibility index (Phi) is 6.76. The topological polar surface area (TPSA) is 52.6 Å². The molecule has 0 saturated heterocycles. The lowest BCUT2D eigenvalue weighted by Crippen LogP contribution is -2.36. The molecule has 0 saturated carbocycles. The molecule has 4 nitrogen and oxygen atoms in total. The maximum atomic E-state index is 11.3. The van der Waals surface area contributed by atoms with Crippen LogP contribution in [-0.2, 0) is 19.1 Å². The Hall–Kier alpha value is -0.480. The van der Waals surface area contributed by atoms with Crippen molar-refractivity contribution in [3.8, 4) is 0 Å². The number of esters is 2. The van der Waals surface area contributed by atoms with E-state index in [1.807, 2.05) is 0 Å². The fourth-order valence-electron chi connectivity index (χ4n) is 0.834. The van der Waals surface area contributed by atoms with Crippen LogP contribution in [0.15, 0.2) is 0 Å². The van der Waals surface area contributed by atoms with Crippen molar-refractivity contribution in [2.45, 2.75) is 50.7 Å². The molecular weight excluding hydrogens is 255 g/mol. The first-order chi connectivity index (χ1) is 7.25. The van der Waals surface area contributed by atoms with Gasteiger partial charge < -0.3 is 9.47 Å². The SMILES string of the molecule is CC(C)OC(=O)[C@@H](Cl)[C@H](Cl)C(=O)OC(C)C. The number of ether oxygens (including phenoxy) is 2. The van der Waals surface area contributed by atoms with E-state index in [1.165, 1.54) is 0 Å². The van der Waals surface area contributed by atoms with Crippen molar-refractivity contribution in [3.63, 3.8) is 0 Å². The maximum absolute atomic E-state index is 11.3. The molecule has 0 aromatic heterocycles. The van der Waals surface area contributed by atoms with Crippen molar-refractivity contribution in [1.82, 2.24) is 0 Å². The molecule has 0 bridgehead atoms. The maximum Gasteiger partial charge on any atom is 0.326 e. The van der Waals surface area contributed by atoms with E-state index in [0.29, 0.717) is 0 Å². The number of alkyl halides is 2. The van der Waals surface area contributed by atoms with E-state index < -0.39 is 22.7 Å². The Morgan fingerprint density at radius 2 is 1.06 bits per heavy atom. The van der Waals surface area contributed by atoms with Gasteiger partial charge in [0, 0.05) is 0 Å². The van der Waals surface area contributed by atoms with Gasteiger partial charge in [-0.3, -0.25) is 9.59 Å². The van der Waals surface area contributed by atoms with Gasteiger partial charge in [-0.05, 0) is 27.7 Å². The lowest BCUT2D eigenvalue weighted by Gasteiger charge is -2.17. The fraction of sp³-hybridized carbons (Fsp3) is 0.800. The van der Waals surface area contributed by atoms with E-state index in [9.17, 15) is 9.59 Å². The van der Waals surface area contributed by atoms with Gasteiger partial charge in [0.25, 0.3) is 0 Å². The molecular formula is C10H16Cl2O4. The van der Waals surface area contributed by atoms with E-state index >= 15 is 0 Å². The Morgan fingerprint density at radius 1 is 0.812 bits per heavy atom. The van der Waals surface area contributed by atoms with Crippen LogP contribution in [0.3, 0.4) is 0 Å². The second kappa shape index (κ2) is 6.97. The van der Waals surface area contributed by atoms with Gasteiger partial charge in [-0.25, -0.2) is 0 Å². The molecule has 0 unspecified atom stereocenters. The summed E-state index contributed by atoms with van der Waals surface area (Å²) in [5.74, 6) is -1.45. The zero-order valence-electron chi connectivity index (χ0n) is 9.70. The summed E-state index contributed by atoms with van der Waals surface area (Å²) in [7, 11) is 0. The molecule has 94 valence electrons. The van der Waals surface area contributed by atoms with Gasteiger partial charge >= 0.3 is 11.9 Å². The largest absolute Gasteiger partial charge is 0.462 e. The quantitative estimate of drug-likeness (QED) is 0.567. The first kappa shape index (κ1) is 15.5. The van der Waals surface area contributed by atoms with Crippen molar-refractivity contribution in [3.05, 3.63) is 0 Å². The number of carbonyl (C=O) groups excluding carboxylic acids is 2. The van der Waals surface area contributed by atoms with Gasteiger partial charge in [-0.2, -0.15) is 0 Å². The van der Waals surface area contributed by atoms with E-state index in [-0.39, 0.29) is 12.2 Å². The van der Waals surface area contributed by atoms with E-state index in [1.54, 1.807) is 27.7 Å². The molecule has 0 aromatic rings. The van der Waals surface area contributed by atoms with Crippen LogP contribution < -0.4 is 0 Å². The number of rotatable bonds is 5. The third kappa shape index (κ3) is 5.56. The highest BCUT2D eigenvalue weighted by molar-refractivity contribution is 6.42. The molecule has 0 aromatic carbocycles. The molecule has 0 heterocycles. The van der Waals surface area contributed by atoms with E-state index in [4.69, 9.17) is 32.7 Å². The zero-order valence-corrected chi connectivity index (χ0v) is 11.2. The molecule has 6 heteroatoms. The Morgan fingerprint density at radius 3 is 1.25 bits per heavy atom. The van der Waals surface area contributed by atoms with Crippen molar-refractivity contribution in [2.24, 2.45) is 0 Å². The van der Waals surface area contributed by atoms with Gasteiger partial charge in [0.05, 0.1) is 12.2 Å². The predicted molar refractivity (Wildman–Crippen MR) is 61.7 cm³/mol. The second-order valence-electron chi connectivity index (χ2n) is 3.77. The molecule has 0 N–H and O–H groups in total. The van der Waals surface area contributed by atoms with Crippen molar-refractivity contribution < 1.29 is 19.1 Å². The average molecular weight is 271 g/mol. The van der Waals surface area contributed by atoms with Crippen molar-refractivity contribution >= 4 is 35.1 Å². The van der Waals surface area contributed by atoms with Gasteiger partial charge in [-0.1, -0.05) is 0 Å². The predicted octanol–water partition coefficient (Wildman–Crippen LogP) is 2.10. The highest BCUT2D eigenvalue weighted by atomic mass is 35.5. The summed E-state index contributed by atoms with van der Waals surface area (Å²) in [6, 6.07) is 0. The van der Waals surface area contributed by atoms with E-state index in [2.05, 4.69) is 0 Å². The minimum absolute atomic E-state index is 0.307. The molecule has 0 rings (SSSR count). The fourth-order valence-corrected chi connectivity index (χ4v) is 1.14. The summed E-state index contributed by atoms with van der Waals surface area (Å²) in [6.07, 6.45) is -0.613. The summed E-state index contributed by atoms with van der Waals surface area (Å²) in [4.78, 5) is 22.7. The summed E-state index contributed by atoms with van der Waals surface area (Å²) in [6.45, 7) is 6.71. The third-order valence-corrected chi connectivity index (χ3v) is 2.40. The zero-order chi connectivity index (χ0) is 12.9. The minimum atomic E-state index is -1.24. The highest BCUT2D eigenvalue weighted by Crippen LogP contribution is 2.15. The molecule has 2 atom stereocenters. The number of hydrogen-bond acceptors (Lipinski definition) is 4. The van der Waals surface area contributed by atoms with Crippen molar-refractivity contribution in [2.75, 3.05) is 0 Å². The van der Waals surface area contributed by atoms with Crippen LogP contribution in [-0.4, -0.2) is 34.9 Å². The standard InChI is InChI=1S/C10H16Cl2O4/c1-5(2)15-9(13)7(11)8(12)10(14)16-6(3)4/h5-8H,1-4H3/t7-,8-/m0/s1. The van der Waals surface area contributed by atoms with Crippen molar-refractivity contribution in [1.29, 1.82) is 0 Å². The van der Waals surface area contributed by atoms with E-state index in [0.717, 1.165) is 0 Å². The molecule has 0 spiro atoms. The lowest BCUT2D eigenvalue weighted by molar-refractivity contribution is -0.153. The van der Waals surface area contributed by atoms with Crippen LogP contribution in [0.1, 0.15) is 27.7 Å². The Bertz CT molecular complexity index is 227. The molecule has 0 amide bonds. The van der Waals surface area contributed by atoms with Crippen LogP contribution >= 0.6 is 23.2 Å². The Balaban J connectivity index is 4.31. The number of carbonyl (C=O) groups is 2. The van der Waals surface area contributed by atoms with Crippen LogP contribution in [0.2, 0.25) is 0 Å². The second-order valence-corrected chi connectivity index (χ2v) is 4.72. The molecule has 0 aliphatic rings. The summed E-state index contributed by atoms with van der Waals surface area (Å²) in [5.41, 5.74) is 0. The molecule has 0 radical (unpaired) electrons. The molecule has 0 aliphatic carbocycles. The first-order valence-corrected chi connectivity index (χ1v) is 5.82. The average Bonchev–Trinajstić information content (AvgIpc) is 2.13. The summed E-state index contributed by atoms with van der Waals surface area (Å²) >= 11 is 11.4. The Labute approximate surface area is 105 Å². The summed E-state index contributed by atoms with van der Waals surface area (Å²) < 4.78 is 9.65. The van der Waals surface area contributed by atoms with Gasteiger partial charge in [0.2, 0.25) is 0 Å². The minimum Gasteiger partial charge on any atom is -0.462 e. The smallest absolute Gasteiger partial charge is 0.326 e.